The summed E-state index contributed by atoms with van der Waals surface area (Å²) in [7, 11) is 0. The van der Waals surface area contributed by atoms with Crippen LogP contribution in [0.5, 0.6) is 0 Å². The third kappa shape index (κ3) is 37.7. The van der Waals surface area contributed by atoms with Crippen LogP contribution in [-0.4, -0.2) is 123 Å². The van der Waals surface area contributed by atoms with E-state index >= 15 is 0 Å². The number of imidazole rings is 2. The SMILES string of the molecule is CCCCCCCC/C=C\CCCCCCCC(=O)N[C@@H](CS)C(=O)NCCCC[C@H](NC(=O)[C@H](CS)NC(=O)CCCCCCC/C=C\CCCCCCCC)C(=O)N[C@@H](Cc1cnc[nH]1)C(=O)N[C@@H](Cc1cnc[nH]1)C(=O)NCCN. The van der Waals surface area contributed by atoms with Gasteiger partial charge in [0.05, 0.1) is 12.7 Å². The van der Waals surface area contributed by atoms with E-state index in [1.54, 1.807) is 0 Å². The normalized spacial score (nSPS) is 13.3. The number of allylic oxidation sites excluding steroid dienone is 4. The van der Waals surface area contributed by atoms with Gasteiger partial charge in [0.2, 0.25) is 41.4 Å². The highest BCUT2D eigenvalue weighted by Crippen LogP contribution is 2.14. The number of amides is 7. The predicted molar refractivity (Wildman–Crippen MR) is 340 cm³/mol. The average molecular weight is 1200 g/mol. The number of aromatic amines is 2. The number of nitrogens with zero attached hydrogens (tertiary/aromatic N) is 2. The minimum absolute atomic E-state index is 0.0422. The van der Waals surface area contributed by atoms with E-state index in [0.717, 1.165) is 83.5 Å². The van der Waals surface area contributed by atoms with Crippen LogP contribution in [0.25, 0.3) is 0 Å². The summed E-state index contributed by atoms with van der Waals surface area (Å²) in [5, 5.41) is 19.5. The van der Waals surface area contributed by atoms with Gasteiger partial charge in [-0.25, -0.2) is 9.97 Å². The van der Waals surface area contributed by atoms with Crippen molar-refractivity contribution < 1.29 is 33.6 Å². The second kappa shape index (κ2) is 50.2. The number of hydrogen-bond donors (Lipinski definition) is 12. The van der Waals surface area contributed by atoms with Crippen molar-refractivity contribution in [1.82, 2.24) is 57.2 Å². The molecule has 0 aliphatic rings. The van der Waals surface area contributed by atoms with E-state index in [1.165, 1.54) is 102 Å². The molecule has 0 fully saturated rings. The number of rotatable bonds is 53. The lowest BCUT2D eigenvalue weighted by molar-refractivity contribution is -0.134. The molecule has 11 N–H and O–H groups in total. The van der Waals surface area contributed by atoms with Gasteiger partial charge in [0, 0.05) is 80.6 Å². The summed E-state index contributed by atoms with van der Waals surface area (Å²) < 4.78 is 0. The maximum absolute atomic E-state index is 14.4. The number of hydrogen-bond acceptors (Lipinski definition) is 12. The van der Waals surface area contributed by atoms with Crippen molar-refractivity contribution in [2.24, 2.45) is 5.73 Å². The van der Waals surface area contributed by atoms with Crippen LogP contribution >= 0.6 is 25.3 Å². The number of H-pyrrole nitrogens is 2. The molecule has 0 aliphatic heterocycles. The van der Waals surface area contributed by atoms with Crippen LogP contribution in [0.3, 0.4) is 0 Å². The van der Waals surface area contributed by atoms with Crippen LogP contribution in [0, 0.1) is 0 Å². The lowest BCUT2D eigenvalue weighted by Gasteiger charge is -2.26. The molecule has 0 aliphatic carbocycles. The van der Waals surface area contributed by atoms with Crippen molar-refractivity contribution >= 4 is 66.6 Å². The van der Waals surface area contributed by atoms with Crippen LogP contribution < -0.4 is 43.0 Å². The van der Waals surface area contributed by atoms with Gasteiger partial charge in [-0.15, -0.1) is 0 Å². The molecule has 0 radical (unpaired) electrons. The number of unbranched alkanes of at least 4 members (excludes halogenated alkanes) is 23. The van der Waals surface area contributed by atoms with Gasteiger partial charge in [0.15, 0.2) is 0 Å². The highest BCUT2D eigenvalue weighted by molar-refractivity contribution is 7.80. The van der Waals surface area contributed by atoms with E-state index in [1.807, 2.05) is 0 Å². The predicted octanol–water partition coefficient (Wildman–Crippen LogP) is 8.64. The second-order valence-corrected chi connectivity index (χ2v) is 22.6. The van der Waals surface area contributed by atoms with Crippen molar-refractivity contribution in [1.29, 1.82) is 0 Å². The summed E-state index contributed by atoms with van der Waals surface area (Å²) in [6.45, 7) is 5.03. The summed E-state index contributed by atoms with van der Waals surface area (Å²) in [4.78, 5) is 109. The highest BCUT2D eigenvalue weighted by Gasteiger charge is 2.32. The number of carbonyl (C=O) groups excluding carboxylic acids is 7. The van der Waals surface area contributed by atoms with E-state index in [9.17, 15) is 33.6 Å². The molecule has 470 valence electrons. The van der Waals surface area contributed by atoms with Crippen molar-refractivity contribution in [2.75, 3.05) is 31.1 Å². The molecule has 5 atom stereocenters. The molecular formula is C62H108N12O7S2. The average Bonchev–Trinajstić information content (AvgIpc) is 4.31. The molecule has 21 heteroatoms. The monoisotopic (exact) mass is 1200 g/mol. The van der Waals surface area contributed by atoms with Crippen LogP contribution in [0.1, 0.15) is 224 Å². The number of carbonyl (C=O) groups is 7. The van der Waals surface area contributed by atoms with Gasteiger partial charge in [-0.3, -0.25) is 33.6 Å². The summed E-state index contributed by atoms with van der Waals surface area (Å²) in [6.07, 6.45) is 46.3. The van der Waals surface area contributed by atoms with Gasteiger partial charge in [-0.1, -0.05) is 141 Å². The summed E-state index contributed by atoms with van der Waals surface area (Å²) in [5.41, 5.74) is 6.75. The fourth-order valence-electron chi connectivity index (χ4n) is 9.50. The Kier molecular flexibility index (Phi) is 44.7. The molecule has 0 unspecified atom stereocenters. The zero-order valence-corrected chi connectivity index (χ0v) is 52.4. The first-order valence-corrected chi connectivity index (χ1v) is 32.9. The van der Waals surface area contributed by atoms with Crippen molar-refractivity contribution in [3.05, 3.63) is 60.7 Å². The Morgan fingerprint density at radius 1 is 0.446 bits per heavy atom. The lowest BCUT2D eigenvalue weighted by atomic mass is 10.0. The molecular weight excluding hydrogens is 1090 g/mol. The smallest absolute Gasteiger partial charge is 0.244 e. The van der Waals surface area contributed by atoms with Crippen LogP contribution in [0.4, 0.5) is 0 Å². The van der Waals surface area contributed by atoms with Gasteiger partial charge in [-0.2, -0.15) is 25.3 Å². The topological polar surface area (TPSA) is 287 Å². The molecule has 19 nitrogen and oxygen atoms in total. The molecule has 0 spiro atoms. The summed E-state index contributed by atoms with van der Waals surface area (Å²) >= 11 is 8.73. The fourth-order valence-corrected chi connectivity index (χ4v) is 10.0. The molecule has 0 aromatic carbocycles. The maximum Gasteiger partial charge on any atom is 0.244 e. The minimum atomic E-state index is -1.25. The van der Waals surface area contributed by atoms with Gasteiger partial charge >= 0.3 is 0 Å². The minimum Gasteiger partial charge on any atom is -0.354 e. The Morgan fingerprint density at radius 3 is 1.23 bits per heavy atom. The van der Waals surface area contributed by atoms with Crippen LogP contribution in [0.2, 0.25) is 0 Å². The largest absolute Gasteiger partial charge is 0.354 e. The number of nitrogens with one attached hydrogen (secondary N) is 9. The highest BCUT2D eigenvalue weighted by atomic mass is 32.1. The molecule has 2 aromatic heterocycles. The molecule has 83 heavy (non-hydrogen) atoms. The Morgan fingerprint density at radius 2 is 0.807 bits per heavy atom. The van der Waals surface area contributed by atoms with Crippen LogP contribution in [0.15, 0.2) is 49.4 Å². The fraction of sp³-hybridized carbons (Fsp3) is 0.726. The first-order chi connectivity index (χ1) is 40.4. The zero-order valence-electron chi connectivity index (χ0n) is 50.6. The molecule has 2 rings (SSSR count). The quantitative estimate of drug-likeness (QED) is 0.0170. The third-order valence-corrected chi connectivity index (χ3v) is 15.2. The molecule has 0 saturated heterocycles. The first kappa shape index (κ1) is 74.0. The Bertz CT molecular complexity index is 2080. The Labute approximate surface area is 508 Å². The molecule has 0 bridgehead atoms. The van der Waals surface area contributed by atoms with E-state index in [4.69, 9.17) is 5.73 Å². The Balaban J connectivity index is 2.01. The van der Waals surface area contributed by atoms with Crippen molar-refractivity contribution in [3.8, 4) is 0 Å². The van der Waals surface area contributed by atoms with Crippen molar-refractivity contribution in [2.45, 2.75) is 256 Å². The first-order valence-electron chi connectivity index (χ1n) is 31.7. The second-order valence-electron chi connectivity index (χ2n) is 21.9. The molecule has 2 aromatic rings. The Hall–Kier alpha value is -5.15. The number of nitrogens with two attached hydrogens (primary N) is 1. The number of thiol groups is 2. The molecule has 7 amide bonds. The zero-order chi connectivity index (χ0) is 60.4. The van der Waals surface area contributed by atoms with Gasteiger partial charge < -0.3 is 52.9 Å². The van der Waals surface area contributed by atoms with E-state index < -0.39 is 53.8 Å². The lowest BCUT2D eigenvalue weighted by Crippen LogP contribution is -2.59. The summed E-state index contributed by atoms with van der Waals surface area (Å²) in [6, 6.07) is -5.41. The van der Waals surface area contributed by atoms with Gasteiger partial charge in [-0.05, 0) is 83.5 Å². The van der Waals surface area contributed by atoms with E-state index in [2.05, 4.69) is 121 Å². The standard InChI is InChI=1S/C62H108N12O7S2/c1-3-5-7-9-11-13-15-17-19-21-23-25-27-29-31-36-56(75)70-54(45-82)59(78)66-39-34-33-35-51(72-62(81)55(46-83)71-57(76)37-32-30-28-26-24-22-20-18-16-14-12-10-8-6-4-2)60(79)74-53(42-50-44-65-48-69-50)61(80)73-52(58(77)67-40-38-63)41-49-43-64-47-68-49/h17-20,43-44,47-48,51-55,82-83H,3-16,21-42,45-46,63H2,1-2H3,(H,64,68)(H,65,69)(H,66,78)(H,67,77)(H,70,75)(H,71,76)(H,72,81)(H,73,80)(H,74,79)/b19-17-,20-18-/t51-,52-,53-,54-,55-/m0/s1. The van der Waals surface area contributed by atoms with E-state index in [0.29, 0.717) is 37.1 Å². The van der Waals surface area contributed by atoms with E-state index in [-0.39, 0.29) is 74.5 Å². The third-order valence-electron chi connectivity index (χ3n) is 14.5. The molecule has 0 saturated carbocycles. The summed E-state index contributed by atoms with van der Waals surface area (Å²) in [5.74, 6) is -3.32. The van der Waals surface area contributed by atoms with Crippen molar-refractivity contribution in [3.63, 3.8) is 0 Å². The van der Waals surface area contributed by atoms with Gasteiger partial charge in [0.1, 0.15) is 30.2 Å². The number of aromatic nitrogens is 4. The van der Waals surface area contributed by atoms with Gasteiger partial charge in [0.25, 0.3) is 0 Å². The molecule has 2 heterocycles. The maximum atomic E-state index is 14.4. The van der Waals surface area contributed by atoms with Crippen LogP contribution in [-0.2, 0) is 46.4 Å².